The first-order valence-electron chi connectivity index (χ1n) is 14.7. The standard InChI is InChI=1S/C33H31F3N4O7S/c1-44-22-15-14-21(26(17-22)45-2)18-37-29(42)27-31(39-28(41)23-11-6-7-13-25(23)47-33(34,35)36)48-30(38-27)24-12-8-16-40(24)32(43)46-19-20-9-4-3-5-10-20/h3-7,9-11,13-15,17,24H,8,12,16,18-19H2,1-2H3,(H,37,42)(H,39,41)/t24-/m1/s1. The summed E-state index contributed by atoms with van der Waals surface area (Å²) in [6, 6.07) is 18.5. The SMILES string of the molecule is COc1ccc(CNC(=O)c2nc([C@H]3CCCN3C(=O)OCc3ccccc3)sc2NC(=O)c2ccccc2OC(F)(F)F)c(OC)c1. The van der Waals surface area contributed by atoms with Gasteiger partial charge in [0.1, 0.15) is 33.9 Å². The zero-order valence-corrected chi connectivity index (χ0v) is 26.7. The minimum absolute atomic E-state index is 0.00979. The maximum absolute atomic E-state index is 13.6. The van der Waals surface area contributed by atoms with Crippen LogP contribution in [0.1, 0.15) is 55.9 Å². The number of aromatic nitrogens is 1. The van der Waals surface area contributed by atoms with Crippen LogP contribution >= 0.6 is 11.3 Å². The lowest BCUT2D eigenvalue weighted by Crippen LogP contribution is -2.31. The molecule has 0 aliphatic carbocycles. The van der Waals surface area contributed by atoms with E-state index >= 15 is 0 Å². The van der Waals surface area contributed by atoms with E-state index in [-0.39, 0.29) is 23.8 Å². The minimum atomic E-state index is -5.04. The molecule has 4 aromatic rings. The van der Waals surface area contributed by atoms with Crippen molar-refractivity contribution >= 4 is 34.2 Å². The Bertz CT molecular complexity index is 1770. The number of halogens is 3. The summed E-state index contributed by atoms with van der Waals surface area (Å²) in [7, 11) is 2.98. The Morgan fingerprint density at radius 3 is 2.44 bits per heavy atom. The van der Waals surface area contributed by atoms with Crippen molar-refractivity contribution in [1.29, 1.82) is 0 Å². The summed E-state index contributed by atoms with van der Waals surface area (Å²) in [6.45, 7) is 0.445. The zero-order chi connectivity index (χ0) is 34.3. The maximum atomic E-state index is 13.6. The molecule has 1 aliphatic heterocycles. The van der Waals surface area contributed by atoms with Crippen molar-refractivity contribution in [3.8, 4) is 17.2 Å². The van der Waals surface area contributed by atoms with Gasteiger partial charge in [0.2, 0.25) is 0 Å². The van der Waals surface area contributed by atoms with Crippen molar-refractivity contribution in [2.75, 3.05) is 26.1 Å². The van der Waals surface area contributed by atoms with E-state index < -0.39 is 41.6 Å². The third kappa shape index (κ3) is 8.34. The van der Waals surface area contributed by atoms with E-state index in [1.807, 2.05) is 30.3 Å². The number of nitrogens with zero attached hydrogens (tertiary/aromatic N) is 2. The monoisotopic (exact) mass is 684 g/mol. The number of hydrogen-bond donors (Lipinski definition) is 2. The van der Waals surface area contributed by atoms with Gasteiger partial charge in [-0.2, -0.15) is 0 Å². The maximum Gasteiger partial charge on any atom is 0.573 e. The Morgan fingerprint density at radius 2 is 1.71 bits per heavy atom. The summed E-state index contributed by atoms with van der Waals surface area (Å²) in [4.78, 5) is 46.0. The van der Waals surface area contributed by atoms with Crippen LogP contribution in [0.5, 0.6) is 17.2 Å². The van der Waals surface area contributed by atoms with Crippen LogP contribution in [-0.4, -0.2) is 54.9 Å². The van der Waals surface area contributed by atoms with Gasteiger partial charge in [-0.1, -0.05) is 53.8 Å². The van der Waals surface area contributed by atoms with Crippen LogP contribution in [0.25, 0.3) is 0 Å². The highest BCUT2D eigenvalue weighted by molar-refractivity contribution is 7.16. The molecule has 5 rings (SSSR count). The number of methoxy groups -OCH3 is 2. The summed E-state index contributed by atoms with van der Waals surface area (Å²) < 4.78 is 59.4. The number of alkyl halides is 3. The van der Waals surface area contributed by atoms with Gasteiger partial charge in [-0.25, -0.2) is 9.78 Å². The van der Waals surface area contributed by atoms with Crippen molar-refractivity contribution in [2.45, 2.75) is 38.4 Å². The summed E-state index contributed by atoms with van der Waals surface area (Å²) in [5.41, 5.74) is 0.831. The molecule has 0 spiro atoms. The van der Waals surface area contributed by atoms with Crippen LogP contribution in [0.3, 0.4) is 0 Å². The highest BCUT2D eigenvalue weighted by atomic mass is 32.1. The predicted molar refractivity (Wildman–Crippen MR) is 169 cm³/mol. The highest BCUT2D eigenvalue weighted by Crippen LogP contribution is 2.39. The number of likely N-dealkylation sites (tertiary alicyclic amines) is 1. The molecular formula is C33H31F3N4O7S. The lowest BCUT2D eigenvalue weighted by atomic mass is 10.2. The molecule has 1 saturated heterocycles. The second-order valence-corrected chi connectivity index (χ2v) is 11.5. The van der Waals surface area contributed by atoms with E-state index in [9.17, 15) is 27.6 Å². The van der Waals surface area contributed by atoms with Crippen LogP contribution in [0.2, 0.25) is 0 Å². The number of anilines is 1. The van der Waals surface area contributed by atoms with Gasteiger partial charge < -0.3 is 29.6 Å². The summed E-state index contributed by atoms with van der Waals surface area (Å²) in [5.74, 6) is -1.34. The molecule has 3 aromatic carbocycles. The lowest BCUT2D eigenvalue weighted by Gasteiger charge is -2.22. The van der Waals surface area contributed by atoms with Crippen LogP contribution in [0.15, 0.2) is 72.8 Å². The van der Waals surface area contributed by atoms with Gasteiger partial charge in [-0.15, -0.1) is 13.2 Å². The van der Waals surface area contributed by atoms with Crippen molar-refractivity contribution < 1.29 is 46.5 Å². The van der Waals surface area contributed by atoms with E-state index in [4.69, 9.17) is 14.2 Å². The van der Waals surface area contributed by atoms with Gasteiger partial charge in [-0.3, -0.25) is 14.5 Å². The quantitative estimate of drug-likeness (QED) is 0.178. The van der Waals surface area contributed by atoms with Crippen LogP contribution in [-0.2, 0) is 17.9 Å². The predicted octanol–water partition coefficient (Wildman–Crippen LogP) is 6.71. The minimum Gasteiger partial charge on any atom is -0.497 e. The second kappa shape index (κ2) is 15.1. The third-order valence-electron chi connectivity index (χ3n) is 7.35. The topological polar surface area (TPSA) is 128 Å². The number of nitrogens with one attached hydrogen (secondary N) is 2. The summed E-state index contributed by atoms with van der Waals surface area (Å²) in [6.07, 6.45) is -4.47. The molecule has 11 nitrogen and oxygen atoms in total. The molecule has 48 heavy (non-hydrogen) atoms. The summed E-state index contributed by atoms with van der Waals surface area (Å²) in [5, 5.41) is 5.60. The van der Waals surface area contributed by atoms with E-state index in [1.165, 1.54) is 31.3 Å². The molecule has 1 atom stereocenters. The van der Waals surface area contributed by atoms with Gasteiger partial charge >= 0.3 is 12.5 Å². The molecular weight excluding hydrogens is 653 g/mol. The molecule has 0 radical (unpaired) electrons. The molecule has 252 valence electrons. The van der Waals surface area contributed by atoms with Gasteiger partial charge in [0.05, 0.1) is 25.8 Å². The molecule has 2 N–H and O–H groups in total. The molecule has 0 saturated carbocycles. The normalized spacial score (nSPS) is 14.3. The van der Waals surface area contributed by atoms with Crippen LogP contribution in [0, 0.1) is 0 Å². The van der Waals surface area contributed by atoms with Gasteiger partial charge in [0.15, 0.2) is 5.69 Å². The fraction of sp³-hybridized carbons (Fsp3) is 0.273. The number of para-hydroxylation sites is 1. The first-order chi connectivity index (χ1) is 23.1. The lowest BCUT2D eigenvalue weighted by molar-refractivity contribution is -0.274. The molecule has 15 heteroatoms. The Balaban J connectivity index is 1.41. The molecule has 3 amide bonds. The average molecular weight is 685 g/mol. The molecule has 0 unspecified atom stereocenters. The molecule has 0 bridgehead atoms. The molecule has 2 heterocycles. The zero-order valence-electron chi connectivity index (χ0n) is 25.8. The number of hydrogen-bond acceptors (Lipinski definition) is 9. The number of rotatable bonds is 11. The smallest absolute Gasteiger partial charge is 0.497 e. The molecule has 1 aliphatic rings. The third-order valence-corrected chi connectivity index (χ3v) is 8.43. The summed E-state index contributed by atoms with van der Waals surface area (Å²) >= 11 is 0.939. The van der Waals surface area contributed by atoms with Crippen molar-refractivity contribution in [3.63, 3.8) is 0 Å². The van der Waals surface area contributed by atoms with Crippen LogP contribution < -0.4 is 24.8 Å². The largest absolute Gasteiger partial charge is 0.573 e. The number of benzene rings is 3. The number of amides is 3. The van der Waals surface area contributed by atoms with Crippen molar-refractivity contribution in [2.24, 2.45) is 0 Å². The first kappa shape index (κ1) is 34.0. The van der Waals surface area contributed by atoms with Gasteiger partial charge in [0.25, 0.3) is 11.8 Å². The van der Waals surface area contributed by atoms with Crippen molar-refractivity contribution in [1.82, 2.24) is 15.2 Å². The van der Waals surface area contributed by atoms with E-state index in [1.54, 1.807) is 18.2 Å². The second-order valence-electron chi connectivity index (χ2n) is 10.5. The molecule has 1 fully saturated rings. The van der Waals surface area contributed by atoms with E-state index in [0.29, 0.717) is 41.5 Å². The number of ether oxygens (including phenoxy) is 4. The molecule has 1 aromatic heterocycles. The first-order valence-corrected chi connectivity index (χ1v) is 15.5. The number of carbonyl (C=O) groups is 3. The van der Waals surface area contributed by atoms with Gasteiger partial charge in [0, 0.05) is 24.7 Å². The Hall–Kier alpha value is -5.31. The Morgan fingerprint density at radius 1 is 0.958 bits per heavy atom. The number of carbonyl (C=O) groups excluding carboxylic acids is 3. The van der Waals surface area contributed by atoms with Crippen molar-refractivity contribution in [3.05, 3.63) is 100 Å². The van der Waals surface area contributed by atoms with E-state index in [0.717, 1.165) is 29.0 Å². The highest BCUT2D eigenvalue weighted by Gasteiger charge is 2.36. The van der Waals surface area contributed by atoms with Crippen LogP contribution in [0.4, 0.5) is 23.0 Å². The Labute approximate surface area is 277 Å². The number of thiazole rings is 1. The Kier molecular flexibility index (Phi) is 10.7. The fourth-order valence-corrected chi connectivity index (χ4v) is 6.16. The fourth-order valence-electron chi connectivity index (χ4n) is 5.06. The van der Waals surface area contributed by atoms with Gasteiger partial charge in [-0.05, 0) is 42.7 Å². The average Bonchev–Trinajstić information content (AvgIpc) is 3.74. The van der Waals surface area contributed by atoms with E-state index in [2.05, 4.69) is 20.4 Å².